The Morgan fingerprint density at radius 1 is 1.31 bits per heavy atom. The third-order valence-electron chi connectivity index (χ3n) is 3.48. The maximum Gasteiger partial charge on any atom is 0.127 e. The fraction of sp³-hybridized carbons (Fsp3) is 0.571. The summed E-state index contributed by atoms with van der Waals surface area (Å²) < 4.78 is 13.7. The van der Waals surface area contributed by atoms with Crippen LogP contribution in [0.5, 0.6) is 0 Å². The first-order chi connectivity index (χ1) is 7.81. The molecule has 0 heterocycles. The molecule has 0 saturated heterocycles. The summed E-state index contributed by atoms with van der Waals surface area (Å²) in [5, 5.41) is 3.58. The second kappa shape index (κ2) is 5.44. The third kappa shape index (κ3) is 2.62. The van der Waals surface area contributed by atoms with E-state index >= 15 is 0 Å². The average Bonchev–Trinajstić information content (AvgIpc) is 2.80. The Hall–Kier alpha value is -0.890. The predicted octanol–water partition coefficient (Wildman–Crippen LogP) is 3.81. The summed E-state index contributed by atoms with van der Waals surface area (Å²) in [4.78, 5) is 0. The first-order valence-electron chi connectivity index (χ1n) is 6.31. The van der Waals surface area contributed by atoms with Crippen molar-refractivity contribution in [3.8, 4) is 0 Å². The Kier molecular flexibility index (Phi) is 3.94. The number of benzene rings is 1. The van der Waals surface area contributed by atoms with Crippen LogP contribution in [0, 0.1) is 5.82 Å². The van der Waals surface area contributed by atoms with Crippen molar-refractivity contribution in [3.05, 3.63) is 35.6 Å². The molecule has 1 aromatic rings. The van der Waals surface area contributed by atoms with E-state index < -0.39 is 0 Å². The Balaban J connectivity index is 2.06. The first kappa shape index (κ1) is 11.6. The van der Waals surface area contributed by atoms with Gasteiger partial charge in [-0.2, -0.15) is 0 Å². The minimum atomic E-state index is -0.0835. The molecule has 1 atom stereocenters. The van der Waals surface area contributed by atoms with Crippen LogP contribution in [0.15, 0.2) is 24.3 Å². The van der Waals surface area contributed by atoms with Crippen LogP contribution in [-0.2, 0) is 0 Å². The molecule has 0 spiro atoms. The van der Waals surface area contributed by atoms with E-state index in [9.17, 15) is 4.39 Å². The third-order valence-corrected chi connectivity index (χ3v) is 3.48. The summed E-state index contributed by atoms with van der Waals surface area (Å²) in [6, 6.07) is 7.87. The zero-order valence-electron chi connectivity index (χ0n) is 9.88. The summed E-state index contributed by atoms with van der Waals surface area (Å²) >= 11 is 0. The van der Waals surface area contributed by atoms with E-state index in [0.29, 0.717) is 6.04 Å². The highest BCUT2D eigenvalue weighted by Gasteiger charge is 2.20. The highest BCUT2D eigenvalue weighted by Crippen LogP contribution is 2.25. The Morgan fingerprint density at radius 2 is 2.00 bits per heavy atom. The van der Waals surface area contributed by atoms with Gasteiger partial charge in [0.15, 0.2) is 0 Å². The van der Waals surface area contributed by atoms with Crippen LogP contribution in [0.1, 0.15) is 50.6 Å². The van der Waals surface area contributed by atoms with Crippen LogP contribution in [0.2, 0.25) is 0 Å². The molecule has 1 aromatic carbocycles. The van der Waals surface area contributed by atoms with E-state index in [1.165, 1.54) is 25.7 Å². The van der Waals surface area contributed by atoms with Crippen LogP contribution in [0.4, 0.5) is 4.39 Å². The first-order valence-corrected chi connectivity index (χ1v) is 6.31. The van der Waals surface area contributed by atoms with Gasteiger partial charge in [0, 0.05) is 17.6 Å². The summed E-state index contributed by atoms with van der Waals surface area (Å²) in [5.41, 5.74) is 0.817. The molecule has 1 N–H and O–H groups in total. The lowest BCUT2D eigenvalue weighted by atomic mass is 10.0. The van der Waals surface area contributed by atoms with Gasteiger partial charge in [-0.3, -0.25) is 0 Å². The zero-order valence-corrected chi connectivity index (χ0v) is 9.88. The standard InChI is InChI=1S/C14H20FN/c1-2-14(16-11-7-3-4-8-11)12-9-5-6-10-13(12)15/h5-6,9-11,14,16H,2-4,7-8H2,1H3. The molecule has 2 heteroatoms. The quantitative estimate of drug-likeness (QED) is 0.815. The minimum Gasteiger partial charge on any atom is -0.307 e. The minimum absolute atomic E-state index is 0.0835. The van der Waals surface area contributed by atoms with Gasteiger partial charge < -0.3 is 5.32 Å². The van der Waals surface area contributed by atoms with Crippen molar-refractivity contribution in [1.29, 1.82) is 0 Å². The molecule has 0 aliphatic heterocycles. The van der Waals surface area contributed by atoms with Gasteiger partial charge in [0.05, 0.1) is 0 Å². The van der Waals surface area contributed by atoms with Gasteiger partial charge in [0.1, 0.15) is 5.82 Å². The summed E-state index contributed by atoms with van der Waals surface area (Å²) in [6.07, 6.45) is 6.05. The molecule has 0 aromatic heterocycles. The topological polar surface area (TPSA) is 12.0 Å². The van der Waals surface area contributed by atoms with E-state index in [1.54, 1.807) is 12.1 Å². The summed E-state index contributed by atoms with van der Waals surface area (Å²) in [6.45, 7) is 2.11. The average molecular weight is 221 g/mol. The second-order valence-electron chi connectivity index (χ2n) is 4.63. The van der Waals surface area contributed by atoms with E-state index in [2.05, 4.69) is 12.2 Å². The maximum atomic E-state index is 13.7. The molecule has 1 nitrogen and oxygen atoms in total. The molecule has 1 unspecified atom stereocenters. The Labute approximate surface area is 97.1 Å². The molecule has 1 aliphatic carbocycles. The van der Waals surface area contributed by atoms with Crippen molar-refractivity contribution in [2.75, 3.05) is 0 Å². The predicted molar refractivity (Wildman–Crippen MR) is 64.8 cm³/mol. The zero-order chi connectivity index (χ0) is 11.4. The normalized spacial score (nSPS) is 18.9. The van der Waals surface area contributed by atoms with Crippen LogP contribution in [-0.4, -0.2) is 6.04 Å². The van der Waals surface area contributed by atoms with Gasteiger partial charge in [0.2, 0.25) is 0 Å². The number of nitrogens with one attached hydrogen (secondary N) is 1. The van der Waals surface area contributed by atoms with Crippen LogP contribution in [0.25, 0.3) is 0 Å². The van der Waals surface area contributed by atoms with Gasteiger partial charge in [-0.15, -0.1) is 0 Å². The van der Waals surface area contributed by atoms with Gasteiger partial charge in [-0.05, 0) is 25.3 Å². The molecule has 2 rings (SSSR count). The molecule has 1 fully saturated rings. The highest BCUT2D eigenvalue weighted by atomic mass is 19.1. The molecular formula is C14H20FN. The van der Waals surface area contributed by atoms with Crippen LogP contribution < -0.4 is 5.32 Å². The molecule has 16 heavy (non-hydrogen) atoms. The lowest BCUT2D eigenvalue weighted by molar-refractivity contribution is 0.418. The van der Waals surface area contributed by atoms with Gasteiger partial charge >= 0.3 is 0 Å². The number of hydrogen-bond donors (Lipinski definition) is 1. The van der Waals surface area contributed by atoms with Crippen molar-refractivity contribution in [1.82, 2.24) is 5.32 Å². The van der Waals surface area contributed by atoms with Crippen molar-refractivity contribution >= 4 is 0 Å². The van der Waals surface area contributed by atoms with Gasteiger partial charge in [-0.25, -0.2) is 4.39 Å². The number of halogens is 1. The fourth-order valence-corrected chi connectivity index (χ4v) is 2.56. The van der Waals surface area contributed by atoms with Gasteiger partial charge in [0.25, 0.3) is 0 Å². The lowest BCUT2D eigenvalue weighted by Gasteiger charge is -2.22. The largest absolute Gasteiger partial charge is 0.307 e. The van der Waals surface area contributed by atoms with E-state index in [4.69, 9.17) is 0 Å². The molecule has 1 aliphatic rings. The van der Waals surface area contributed by atoms with E-state index in [0.717, 1.165) is 12.0 Å². The van der Waals surface area contributed by atoms with E-state index in [-0.39, 0.29) is 11.9 Å². The molecule has 0 radical (unpaired) electrons. The molecular weight excluding hydrogens is 201 g/mol. The molecule has 0 bridgehead atoms. The second-order valence-corrected chi connectivity index (χ2v) is 4.63. The lowest BCUT2D eigenvalue weighted by Crippen LogP contribution is -2.30. The number of rotatable bonds is 4. The summed E-state index contributed by atoms with van der Waals surface area (Å²) in [5.74, 6) is -0.0835. The van der Waals surface area contributed by atoms with Crippen molar-refractivity contribution < 1.29 is 4.39 Å². The Morgan fingerprint density at radius 3 is 2.62 bits per heavy atom. The summed E-state index contributed by atoms with van der Waals surface area (Å²) in [7, 11) is 0. The van der Waals surface area contributed by atoms with E-state index in [1.807, 2.05) is 12.1 Å². The fourth-order valence-electron chi connectivity index (χ4n) is 2.56. The molecule has 1 saturated carbocycles. The monoisotopic (exact) mass is 221 g/mol. The molecule has 0 amide bonds. The van der Waals surface area contributed by atoms with Crippen molar-refractivity contribution in [2.45, 2.75) is 51.1 Å². The Bertz CT molecular complexity index is 331. The number of hydrogen-bond acceptors (Lipinski definition) is 1. The van der Waals surface area contributed by atoms with Gasteiger partial charge in [-0.1, -0.05) is 38.0 Å². The van der Waals surface area contributed by atoms with Crippen LogP contribution in [0.3, 0.4) is 0 Å². The smallest absolute Gasteiger partial charge is 0.127 e. The van der Waals surface area contributed by atoms with Crippen molar-refractivity contribution in [3.63, 3.8) is 0 Å². The molecule has 88 valence electrons. The van der Waals surface area contributed by atoms with Crippen LogP contribution >= 0.6 is 0 Å². The highest BCUT2D eigenvalue weighted by molar-refractivity contribution is 5.21. The SMILES string of the molecule is CCC(NC1CCCC1)c1ccccc1F. The maximum absolute atomic E-state index is 13.7. The van der Waals surface area contributed by atoms with Crippen molar-refractivity contribution in [2.24, 2.45) is 0 Å².